The summed E-state index contributed by atoms with van der Waals surface area (Å²) >= 11 is 6.73. The number of anilines is 1. The number of benzene rings is 3. The maximum atomic E-state index is 13.1. The number of carbonyl (C=O) groups is 1. The minimum absolute atomic E-state index is 0.182. The molecule has 0 atom stereocenters. The minimum Gasteiger partial charge on any atom is -0.494 e. The zero-order valence-corrected chi connectivity index (χ0v) is 21.0. The average molecular weight is 510 g/mol. The van der Waals surface area contributed by atoms with E-state index >= 15 is 0 Å². The molecule has 1 aliphatic rings. The van der Waals surface area contributed by atoms with Gasteiger partial charge in [-0.05, 0) is 79.6 Å². The highest BCUT2D eigenvalue weighted by atomic mass is 32.2. The summed E-state index contributed by atoms with van der Waals surface area (Å²) in [5.41, 5.74) is 2.32. The third-order valence-corrected chi connectivity index (χ3v) is 6.37. The standard InChI is InChI=1S/C27H24FNO4S2/c1-3-31-22-12-10-21(11-13-22)29-26(30)25(35-27(29)34)16-19-7-14-23(24(15-19)32-4-2)33-17-18-5-8-20(28)9-6-18/h5-16H,3-4,17H2,1-2H3/b25-16-. The molecule has 0 saturated carbocycles. The van der Waals surface area contributed by atoms with Crippen LogP contribution in [-0.2, 0) is 11.4 Å². The summed E-state index contributed by atoms with van der Waals surface area (Å²) in [5, 5.41) is 0. The van der Waals surface area contributed by atoms with Gasteiger partial charge < -0.3 is 14.2 Å². The first-order valence-corrected chi connectivity index (χ1v) is 12.4. The van der Waals surface area contributed by atoms with Crippen molar-refractivity contribution in [3.8, 4) is 17.2 Å². The lowest BCUT2D eigenvalue weighted by atomic mass is 10.1. The Hall–Kier alpha value is -3.36. The largest absolute Gasteiger partial charge is 0.494 e. The highest BCUT2D eigenvalue weighted by Gasteiger charge is 2.33. The number of carbonyl (C=O) groups excluding carboxylic acids is 1. The van der Waals surface area contributed by atoms with Crippen LogP contribution >= 0.6 is 24.0 Å². The SMILES string of the molecule is CCOc1ccc(N2C(=O)/C(=C/c3ccc(OCc4ccc(F)cc4)c(OCC)c3)SC2=S)cc1. The van der Waals surface area contributed by atoms with Crippen molar-refractivity contribution >= 4 is 46.0 Å². The molecular weight excluding hydrogens is 485 g/mol. The maximum Gasteiger partial charge on any atom is 0.270 e. The number of nitrogens with zero attached hydrogens (tertiary/aromatic N) is 1. The van der Waals surface area contributed by atoms with Crippen LogP contribution in [0, 0.1) is 5.82 Å². The van der Waals surface area contributed by atoms with Crippen LogP contribution < -0.4 is 19.1 Å². The van der Waals surface area contributed by atoms with Crippen molar-refractivity contribution < 1.29 is 23.4 Å². The minimum atomic E-state index is -0.291. The Labute approximate surface area is 213 Å². The van der Waals surface area contributed by atoms with E-state index in [1.54, 1.807) is 24.3 Å². The number of rotatable bonds is 9. The molecule has 0 spiro atoms. The second-order valence-corrected chi connectivity index (χ2v) is 9.17. The summed E-state index contributed by atoms with van der Waals surface area (Å²) in [4.78, 5) is 15.2. The van der Waals surface area contributed by atoms with Crippen LogP contribution in [0.25, 0.3) is 6.08 Å². The first kappa shape index (κ1) is 24.8. The molecule has 1 amide bonds. The summed E-state index contributed by atoms with van der Waals surface area (Å²) < 4.78 is 30.7. The van der Waals surface area contributed by atoms with Crippen molar-refractivity contribution in [2.45, 2.75) is 20.5 Å². The molecule has 1 fully saturated rings. The lowest BCUT2D eigenvalue weighted by Gasteiger charge is -2.15. The van der Waals surface area contributed by atoms with Crippen molar-refractivity contribution in [3.05, 3.63) is 88.6 Å². The van der Waals surface area contributed by atoms with E-state index in [1.165, 1.54) is 28.8 Å². The van der Waals surface area contributed by atoms with E-state index in [1.807, 2.05) is 50.2 Å². The second-order valence-electron chi connectivity index (χ2n) is 7.50. The van der Waals surface area contributed by atoms with Gasteiger partial charge in [0.1, 0.15) is 18.2 Å². The lowest BCUT2D eigenvalue weighted by molar-refractivity contribution is -0.113. The molecule has 0 radical (unpaired) electrons. The van der Waals surface area contributed by atoms with Gasteiger partial charge in [0.05, 0.1) is 23.8 Å². The van der Waals surface area contributed by atoms with Crippen LogP contribution in [0.1, 0.15) is 25.0 Å². The normalized spacial score (nSPS) is 14.5. The monoisotopic (exact) mass is 509 g/mol. The highest BCUT2D eigenvalue weighted by Crippen LogP contribution is 2.38. The van der Waals surface area contributed by atoms with Gasteiger partial charge >= 0.3 is 0 Å². The molecule has 1 saturated heterocycles. The molecule has 3 aromatic carbocycles. The number of hydrogen-bond acceptors (Lipinski definition) is 6. The van der Waals surface area contributed by atoms with E-state index in [0.29, 0.717) is 39.6 Å². The van der Waals surface area contributed by atoms with Crippen molar-refractivity contribution in [1.29, 1.82) is 0 Å². The molecule has 180 valence electrons. The first-order valence-electron chi connectivity index (χ1n) is 11.1. The van der Waals surface area contributed by atoms with Gasteiger partial charge in [-0.1, -0.05) is 42.2 Å². The summed E-state index contributed by atoms with van der Waals surface area (Å²) in [6.07, 6.45) is 1.79. The van der Waals surface area contributed by atoms with Crippen molar-refractivity contribution in [3.63, 3.8) is 0 Å². The third kappa shape index (κ3) is 6.01. The van der Waals surface area contributed by atoms with Gasteiger partial charge in [0.2, 0.25) is 0 Å². The Balaban J connectivity index is 1.52. The molecule has 1 aliphatic heterocycles. The van der Waals surface area contributed by atoms with Gasteiger partial charge in [0.25, 0.3) is 5.91 Å². The average Bonchev–Trinajstić information content (AvgIpc) is 3.13. The van der Waals surface area contributed by atoms with Crippen molar-refractivity contribution in [2.75, 3.05) is 18.1 Å². The van der Waals surface area contributed by atoms with Crippen LogP contribution in [0.5, 0.6) is 17.2 Å². The summed E-state index contributed by atoms with van der Waals surface area (Å²) in [6.45, 7) is 5.11. The number of ether oxygens (including phenoxy) is 3. The molecule has 1 heterocycles. The molecule has 3 aromatic rings. The van der Waals surface area contributed by atoms with Crippen molar-refractivity contribution in [2.24, 2.45) is 0 Å². The Morgan fingerprint density at radius 2 is 1.63 bits per heavy atom. The number of thioether (sulfide) groups is 1. The molecule has 8 heteroatoms. The molecule has 0 bridgehead atoms. The molecule has 0 N–H and O–H groups in total. The van der Waals surface area contributed by atoms with Gasteiger partial charge in [0, 0.05) is 0 Å². The molecule has 0 unspecified atom stereocenters. The lowest BCUT2D eigenvalue weighted by Crippen LogP contribution is -2.27. The summed E-state index contributed by atoms with van der Waals surface area (Å²) in [7, 11) is 0. The van der Waals surface area contributed by atoms with Gasteiger partial charge in [-0.15, -0.1) is 0 Å². The van der Waals surface area contributed by atoms with Crippen LogP contribution in [0.4, 0.5) is 10.1 Å². The van der Waals surface area contributed by atoms with Gasteiger partial charge in [-0.25, -0.2) is 4.39 Å². The quantitative estimate of drug-likeness (QED) is 0.239. The van der Waals surface area contributed by atoms with Gasteiger partial charge in [-0.3, -0.25) is 9.69 Å². The van der Waals surface area contributed by atoms with E-state index in [4.69, 9.17) is 26.4 Å². The van der Waals surface area contributed by atoms with E-state index in [9.17, 15) is 9.18 Å². The highest BCUT2D eigenvalue weighted by molar-refractivity contribution is 8.27. The fourth-order valence-corrected chi connectivity index (χ4v) is 4.74. The predicted octanol–water partition coefficient (Wildman–Crippen LogP) is 6.61. The molecular formula is C27H24FNO4S2. The van der Waals surface area contributed by atoms with Crippen LogP contribution in [0.3, 0.4) is 0 Å². The molecule has 5 nitrogen and oxygen atoms in total. The summed E-state index contributed by atoms with van der Waals surface area (Å²) in [6, 6.07) is 18.9. The van der Waals surface area contributed by atoms with Crippen LogP contribution in [0.15, 0.2) is 71.6 Å². The van der Waals surface area contributed by atoms with E-state index in [2.05, 4.69) is 0 Å². The van der Waals surface area contributed by atoms with E-state index < -0.39 is 0 Å². The Kier molecular flexibility index (Phi) is 8.05. The number of halogens is 1. The number of hydrogen-bond donors (Lipinski definition) is 0. The number of thiocarbonyl (C=S) groups is 1. The van der Waals surface area contributed by atoms with E-state index in [0.717, 1.165) is 16.9 Å². The Bertz CT molecular complexity index is 1240. The Morgan fingerprint density at radius 1 is 0.914 bits per heavy atom. The van der Waals surface area contributed by atoms with Gasteiger partial charge in [0.15, 0.2) is 15.8 Å². The first-order chi connectivity index (χ1) is 17.0. The summed E-state index contributed by atoms with van der Waals surface area (Å²) in [5.74, 6) is 1.39. The maximum absolute atomic E-state index is 13.1. The molecule has 0 aliphatic carbocycles. The fourth-order valence-electron chi connectivity index (χ4n) is 3.44. The van der Waals surface area contributed by atoms with Crippen LogP contribution in [0.2, 0.25) is 0 Å². The smallest absolute Gasteiger partial charge is 0.270 e. The number of amides is 1. The second kappa shape index (κ2) is 11.4. The van der Waals surface area contributed by atoms with E-state index in [-0.39, 0.29) is 18.3 Å². The zero-order valence-electron chi connectivity index (χ0n) is 19.3. The topological polar surface area (TPSA) is 48.0 Å². The molecule has 35 heavy (non-hydrogen) atoms. The van der Waals surface area contributed by atoms with Crippen molar-refractivity contribution in [1.82, 2.24) is 0 Å². The fraction of sp³-hybridized carbons (Fsp3) is 0.185. The Morgan fingerprint density at radius 3 is 2.31 bits per heavy atom. The third-order valence-electron chi connectivity index (χ3n) is 5.07. The zero-order chi connectivity index (χ0) is 24.8. The van der Waals surface area contributed by atoms with Crippen LogP contribution in [-0.4, -0.2) is 23.4 Å². The molecule has 0 aromatic heterocycles. The molecule has 4 rings (SSSR count). The predicted molar refractivity (Wildman–Crippen MR) is 142 cm³/mol. The van der Waals surface area contributed by atoms with Gasteiger partial charge in [-0.2, -0.15) is 0 Å².